The zero-order chi connectivity index (χ0) is 47.2. The molecule has 0 radical (unpaired) electrons. The van der Waals surface area contributed by atoms with Gasteiger partial charge in [-0.1, -0.05) is 87.7 Å². The first-order chi connectivity index (χ1) is 30.9. The lowest BCUT2D eigenvalue weighted by Gasteiger charge is -2.23. The maximum Gasteiger partial charge on any atom is 0.255 e. The van der Waals surface area contributed by atoms with Gasteiger partial charge in [0.05, 0.1) is 34.4 Å². The van der Waals surface area contributed by atoms with Crippen LogP contribution in [-0.2, 0) is 20.0 Å². The number of allylic oxidation sites excluding steroid dienone is 1. The Bertz CT molecular complexity index is 2960. The SMILES string of the molecule is C=CCCBr.C=CCCN(c1nc2oc(-c3ccc(C)cc3)c(C(=O)NC)c2cc1C1CC1)S(C)(=O)=O.CNC(=O)c1c(-c2ccc(C)cc2)oc2nc(NS(C)(=O)=O)c(C3CC3)cc12. The van der Waals surface area contributed by atoms with Gasteiger partial charge in [0.2, 0.25) is 31.5 Å². The van der Waals surface area contributed by atoms with Gasteiger partial charge in [-0.2, -0.15) is 9.97 Å². The first kappa shape index (κ1) is 48.7. The summed E-state index contributed by atoms with van der Waals surface area (Å²) in [6, 6.07) is 19.1. The van der Waals surface area contributed by atoms with Gasteiger partial charge >= 0.3 is 0 Å². The summed E-state index contributed by atoms with van der Waals surface area (Å²) < 4.78 is 64.6. The molecule has 8 rings (SSSR count). The van der Waals surface area contributed by atoms with Crippen molar-refractivity contribution in [2.24, 2.45) is 0 Å². The van der Waals surface area contributed by atoms with Crippen LogP contribution in [0.3, 0.4) is 0 Å². The van der Waals surface area contributed by atoms with E-state index >= 15 is 0 Å². The number of pyridine rings is 2. The number of aryl methyl sites for hydroxylation is 2. The fourth-order valence-corrected chi connectivity index (χ4v) is 8.89. The Morgan fingerprint density at radius 3 is 1.57 bits per heavy atom. The summed E-state index contributed by atoms with van der Waals surface area (Å²) in [7, 11) is -3.92. The van der Waals surface area contributed by atoms with E-state index in [0.717, 1.165) is 77.1 Å². The van der Waals surface area contributed by atoms with Crippen LogP contribution in [0.2, 0.25) is 0 Å². The Labute approximate surface area is 389 Å². The minimum Gasteiger partial charge on any atom is -0.437 e. The van der Waals surface area contributed by atoms with Gasteiger partial charge in [0.1, 0.15) is 23.2 Å². The van der Waals surface area contributed by atoms with Gasteiger partial charge in [0.15, 0.2) is 0 Å². The van der Waals surface area contributed by atoms with Crippen LogP contribution in [0.15, 0.2) is 94.8 Å². The monoisotopic (exact) mass is 986 g/mol. The van der Waals surface area contributed by atoms with Crippen molar-refractivity contribution in [2.75, 3.05) is 47.5 Å². The third-order valence-corrected chi connectivity index (χ3v) is 12.9. The molecule has 2 aromatic carbocycles. The number of nitrogens with one attached hydrogen (secondary N) is 3. The number of alkyl halides is 1. The molecule has 14 nitrogen and oxygen atoms in total. The number of benzene rings is 2. The number of anilines is 2. The zero-order valence-corrected chi connectivity index (χ0v) is 40.7. The number of hydrogen-bond donors (Lipinski definition) is 3. The van der Waals surface area contributed by atoms with E-state index in [1.165, 1.54) is 10.6 Å². The number of furan rings is 2. The summed E-state index contributed by atoms with van der Waals surface area (Å²) >= 11 is 3.24. The number of nitrogens with zero attached hydrogens (tertiary/aromatic N) is 3. The molecule has 2 aliphatic rings. The fraction of sp³-hybridized carbons (Fsp3) is 0.333. The first-order valence-electron chi connectivity index (χ1n) is 21.2. The van der Waals surface area contributed by atoms with Crippen molar-refractivity contribution < 1.29 is 35.3 Å². The zero-order valence-electron chi connectivity index (χ0n) is 37.5. The standard InChI is InChI=1S/C24H27N3O4S.C20H21N3O4S.C4H7Br/c1-5-6-13-27(32(4,29)30)22-18(16-11-12-16)14-19-20(23(28)25-3)21(31-24(19)26-22)17-9-7-15(2)8-10-17;1-11-4-6-13(7-5-11)17-16(19(24)21-2)15-10-14(12-8-9-12)18(22-20(15)27-17)23-28(3,25)26;1-2-3-4-5/h5,7-10,14,16H,1,6,11-13H2,2-4H3,(H,25,28);4-7,10,12H,8-9H2,1-3H3,(H,21,24)(H,22,23);2H,1,3-4H2. The highest BCUT2D eigenvalue weighted by atomic mass is 79.9. The second kappa shape index (κ2) is 20.6. The third kappa shape index (κ3) is 11.7. The molecule has 4 aromatic heterocycles. The molecule has 0 bridgehead atoms. The number of aromatic nitrogens is 2. The van der Waals surface area contributed by atoms with E-state index in [9.17, 15) is 26.4 Å². The van der Waals surface area contributed by atoms with Crippen LogP contribution >= 0.6 is 15.9 Å². The number of carbonyl (C=O) groups is 2. The van der Waals surface area contributed by atoms with Crippen LogP contribution < -0.4 is 19.7 Å². The lowest BCUT2D eigenvalue weighted by atomic mass is 10.0. The minimum atomic E-state index is -3.57. The maximum atomic E-state index is 12.8. The summed E-state index contributed by atoms with van der Waals surface area (Å²) in [4.78, 5) is 34.6. The summed E-state index contributed by atoms with van der Waals surface area (Å²) in [5, 5.41) is 7.55. The molecular weight excluding hydrogens is 933 g/mol. The second-order valence-electron chi connectivity index (χ2n) is 16.1. The topological polar surface area (TPSA) is 194 Å². The molecule has 0 atom stereocenters. The number of carbonyl (C=O) groups excluding carboxylic acids is 2. The number of amides is 2. The largest absolute Gasteiger partial charge is 0.437 e. The smallest absolute Gasteiger partial charge is 0.255 e. The predicted molar refractivity (Wildman–Crippen MR) is 263 cm³/mol. The van der Waals surface area contributed by atoms with E-state index in [1.54, 1.807) is 20.2 Å². The predicted octanol–water partition coefficient (Wildman–Crippen LogP) is 9.75. The normalized spacial score (nSPS) is 13.5. The van der Waals surface area contributed by atoms with E-state index in [-0.39, 0.29) is 47.4 Å². The Morgan fingerprint density at radius 2 is 1.18 bits per heavy atom. The Balaban J connectivity index is 0.000000197. The van der Waals surface area contributed by atoms with Crippen molar-refractivity contribution in [3.05, 3.63) is 119 Å². The summed E-state index contributed by atoms with van der Waals surface area (Å²) in [5.41, 5.74) is 6.60. The van der Waals surface area contributed by atoms with E-state index < -0.39 is 20.0 Å². The van der Waals surface area contributed by atoms with Gasteiger partial charge in [-0.15, -0.1) is 13.2 Å². The van der Waals surface area contributed by atoms with Gasteiger partial charge in [0, 0.05) is 37.1 Å². The number of halogens is 1. The van der Waals surface area contributed by atoms with Gasteiger partial charge in [-0.25, -0.2) is 16.8 Å². The molecule has 6 aromatic rings. The van der Waals surface area contributed by atoms with Gasteiger partial charge < -0.3 is 19.5 Å². The molecule has 2 fully saturated rings. The van der Waals surface area contributed by atoms with E-state index in [4.69, 9.17) is 8.83 Å². The van der Waals surface area contributed by atoms with Crippen LogP contribution in [0.25, 0.3) is 44.8 Å². The fourth-order valence-electron chi connectivity index (χ4n) is 7.16. The van der Waals surface area contributed by atoms with E-state index in [0.29, 0.717) is 45.7 Å². The Morgan fingerprint density at radius 1 is 0.738 bits per heavy atom. The maximum absolute atomic E-state index is 12.8. The molecule has 344 valence electrons. The average Bonchev–Trinajstić information content (AvgIpc) is 4.21. The van der Waals surface area contributed by atoms with Crippen molar-refractivity contribution in [3.8, 4) is 22.6 Å². The molecule has 4 heterocycles. The van der Waals surface area contributed by atoms with Crippen molar-refractivity contribution in [1.29, 1.82) is 0 Å². The Hall–Kier alpha value is -5.78. The highest BCUT2D eigenvalue weighted by Gasteiger charge is 2.35. The minimum absolute atomic E-state index is 0.213. The number of hydrogen-bond acceptors (Lipinski definition) is 10. The third-order valence-electron chi connectivity index (χ3n) is 10.7. The van der Waals surface area contributed by atoms with Crippen LogP contribution in [0.4, 0.5) is 11.6 Å². The van der Waals surface area contributed by atoms with Crippen LogP contribution in [0.5, 0.6) is 0 Å². The number of rotatable bonds is 15. The van der Waals surface area contributed by atoms with Crippen molar-refractivity contribution >= 4 is 81.6 Å². The molecule has 2 saturated carbocycles. The van der Waals surface area contributed by atoms with Crippen molar-refractivity contribution in [1.82, 2.24) is 20.6 Å². The van der Waals surface area contributed by atoms with Crippen LogP contribution in [0, 0.1) is 13.8 Å². The van der Waals surface area contributed by atoms with Crippen LogP contribution in [0.1, 0.15) is 93.3 Å². The quantitative estimate of drug-likeness (QED) is 0.0659. The van der Waals surface area contributed by atoms with Crippen molar-refractivity contribution in [3.63, 3.8) is 0 Å². The van der Waals surface area contributed by atoms with E-state index in [2.05, 4.69) is 54.4 Å². The van der Waals surface area contributed by atoms with Gasteiger partial charge in [0.25, 0.3) is 11.8 Å². The molecule has 0 unspecified atom stereocenters. The Kier molecular flexibility index (Phi) is 15.4. The first-order valence-corrected chi connectivity index (χ1v) is 26.0. The lowest BCUT2D eigenvalue weighted by molar-refractivity contribution is 0.0956. The molecule has 0 aliphatic heterocycles. The number of sulfonamides is 2. The number of fused-ring (bicyclic) bond motifs is 2. The van der Waals surface area contributed by atoms with Gasteiger partial charge in [-0.3, -0.25) is 18.6 Å². The summed E-state index contributed by atoms with van der Waals surface area (Å²) in [6.07, 6.45) is 11.2. The highest BCUT2D eigenvalue weighted by molar-refractivity contribution is 9.09. The van der Waals surface area contributed by atoms with Gasteiger partial charge in [-0.05, 0) is 87.5 Å². The molecule has 3 N–H and O–H groups in total. The highest BCUT2D eigenvalue weighted by Crippen LogP contribution is 2.48. The molecule has 17 heteroatoms. The van der Waals surface area contributed by atoms with Crippen LogP contribution in [-0.4, -0.2) is 77.1 Å². The molecular formula is C48H55BrN6O8S2. The molecule has 65 heavy (non-hydrogen) atoms. The summed E-state index contributed by atoms with van der Waals surface area (Å²) in [5.74, 6) is 1.37. The van der Waals surface area contributed by atoms with E-state index in [1.807, 2.05) is 80.6 Å². The summed E-state index contributed by atoms with van der Waals surface area (Å²) in [6.45, 7) is 11.4. The molecule has 0 saturated heterocycles. The van der Waals surface area contributed by atoms with Crippen molar-refractivity contribution in [2.45, 2.75) is 64.2 Å². The molecule has 0 spiro atoms. The average molecular weight is 988 g/mol. The molecule has 2 aliphatic carbocycles. The molecule has 2 amide bonds. The lowest BCUT2D eigenvalue weighted by Crippen LogP contribution is -2.32. The second-order valence-corrected chi connectivity index (χ2v) is 20.6.